The van der Waals surface area contributed by atoms with E-state index < -0.39 is 0 Å². The predicted octanol–water partition coefficient (Wildman–Crippen LogP) is 3.10. The van der Waals surface area contributed by atoms with Crippen molar-refractivity contribution < 1.29 is 4.79 Å². The van der Waals surface area contributed by atoms with Crippen LogP contribution in [0.1, 0.15) is 24.2 Å². The minimum Gasteiger partial charge on any atom is -0.298 e. The van der Waals surface area contributed by atoms with Crippen molar-refractivity contribution in [1.82, 2.24) is 9.97 Å². The van der Waals surface area contributed by atoms with Crippen molar-refractivity contribution >= 4 is 41.2 Å². The van der Waals surface area contributed by atoms with Crippen LogP contribution in [0.5, 0.6) is 0 Å². The summed E-state index contributed by atoms with van der Waals surface area (Å²) in [4.78, 5) is 18.4. The van der Waals surface area contributed by atoms with Crippen LogP contribution < -0.4 is 0 Å². The molecule has 6 heteroatoms. The van der Waals surface area contributed by atoms with E-state index in [9.17, 15) is 4.79 Å². The van der Waals surface area contributed by atoms with Crippen molar-refractivity contribution in [2.75, 3.05) is 0 Å². The lowest BCUT2D eigenvalue weighted by molar-refractivity contribution is 0.112. The lowest BCUT2D eigenvalue weighted by Gasteiger charge is -2.05. The Morgan fingerprint density at radius 3 is 2.14 bits per heavy atom. The third-order valence-electron chi connectivity index (χ3n) is 1.29. The molecule has 0 unspecified atom stereocenters. The molecule has 76 valence electrons. The van der Waals surface area contributed by atoms with Crippen LogP contribution in [0, 0.1) is 0 Å². The minimum atomic E-state index is 0.100. The fourth-order valence-electron chi connectivity index (χ4n) is 0.759. The maximum absolute atomic E-state index is 10.5. The van der Waals surface area contributed by atoms with Crippen molar-refractivity contribution in [1.29, 1.82) is 0 Å². The van der Waals surface area contributed by atoms with Gasteiger partial charge >= 0.3 is 0 Å². The molecule has 0 bridgehead atoms. The Kier molecular flexibility index (Phi) is 4.16. The van der Waals surface area contributed by atoms with E-state index in [1.807, 2.05) is 13.8 Å². The molecule has 1 aromatic rings. The number of halogens is 2. The highest BCUT2D eigenvalue weighted by molar-refractivity contribution is 7.99. The van der Waals surface area contributed by atoms with Gasteiger partial charge in [0.25, 0.3) is 0 Å². The van der Waals surface area contributed by atoms with Crippen LogP contribution in [0.3, 0.4) is 0 Å². The number of carbonyl (C=O) groups excluding carboxylic acids is 1. The standard InChI is InChI=1S/C8H8Cl2N2OS/c1-4(2)14-8-11-6(9)5(3-13)7(10)12-8/h3-4H,1-2H3. The van der Waals surface area contributed by atoms with Crippen molar-refractivity contribution in [3.63, 3.8) is 0 Å². The molecule has 0 radical (unpaired) electrons. The average molecular weight is 251 g/mol. The first-order valence-electron chi connectivity index (χ1n) is 3.89. The highest BCUT2D eigenvalue weighted by Crippen LogP contribution is 2.25. The topological polar surface area (TPSA) is 42.9 Å². The van der Waals surface area contributed by atoms with E-state index in [1.54, 1.807) is 0 Å². The first-order chi connectivity index (χ1) is 6.54. The second-order valence-electron chi connectivity index (χ2n) is 2.79. The molecule has 0 aliphatic carbocycles. The number of aldehydes is 1. The monoisotopic (exact) mass is 250 g/mol. The number of aromatic nitrogens is 2. The van der Waals surface area contributed by atoms with Crippen LogP contribution in [0.2, 0.25) is 10.3 Å². The minimum absolute atomic E-state index is 0.100. The lowest BCUT2D eigenvalue weighted by atomic mass is 10.4. The van der Waals surface area contributed by atoms with Gasteiger partial charge in [-0.3, -0.25) is 4.79 Å². The van der Waals surface area contributed by atoms with Crippen molar-refractivity contribution in [3.05, 3.63) is 15.9 Å². The number of nitrogens with zero attached hydrogens (tertiary/aromatic N) is 2. The van der Waals surface area contributed by atoms with Gasteiger partial charge in [-0.2, -0.15) is 0 Å². The highest BCUT2D eigenvalue weighted by Gasteiger charge is 2.11. The molecule has 0 atom stereocenters. The SMILES string of the molecule is CC(C)Sc1nc(Cl)c(C=O)c(Cl)n1. The molecule has 0 aromatic carbocycles. The van der Waals surface area contributed by atoms with Gasteiger partial charge in [0.05, 0.1) is 5.56 Å². The van der Waals surface area contributed by atoms with Crippen LogP contribution >= 0.6 is 35.0 Å². The van der Waals surface area contributed by atoms with Gasteiger partial charge in [-0.05, 0) is 0 Å². The van der Waals surface area contributed by atoms with Crippen LogP contribution in [0.4, 0.5) is 0 Å². The first kappa shape index (κ1) is 11.8. The lowest BCUT2D eigenvalue weighted by Crippen LogP contribution is -1.97. The molecule has 3 nitrogen and oxygen atoms in total. The Morgan fingerprint density at radius 2 is 1.79 bits per heavy atom. The molecule has 0 fully saturated rings. The summed E-state index contributed by atoms with van der Waals surface area (Å²) in [6.07, 6.45) is 0.550. The number of hydrogen-bond donors (Lipinski definition) is 0. The van der Waals surface area contributed by atoms with Crippen LogP contribution in [0.25, 0.3) is 0 Å². The zero-order valence-corrected chi connectivity index (χ0v) is 9.95. The van der Waals surface area contributed by atoms with Gasteiger partial charge in [-0.15, -0.1) is 0 Å². The molecule has 0 saturated carbocycles. The fraction of sp³-hybridized carbons (Fsp3) is 0.375. The van der Waals surface area contributed by atoms with Gasteiger partial charge in [-0.25, -0.2) is 9.97 Å². The molecule has 1 rings (SSSR count). The number of rotatable bonds is 3. The molecule has 0 aliphatic rings. The highest BCUT2D eigenvalue weighted by atomic mass is 35.5. The first-order valence-corrected chi connectivity index (χ1v) is 5.53. The maximum atomic E-state index is 10.5. The van der Waals surface area contributed by atoms with Gasteiger partial charge in [0.1, 0.15) is 10.3 Å². The smallest absolute Gasteiger partial charge is 0.190 e. The zero-order valence-electron chi connectivity index (χ0n) is 7.62. The Balaban J connectivity index is 3.07. The molecule has 0 saturated heterocycles. The van der Waals surface area contributed by atoms with E-state index >= 15 is 0 Å². The van der Waals surface area contributed by atoms with Crippen molar-refractivity contribution in [2.24, 2.45) is 0 Å². The fourth-order valence-corrected chi connectivity index (χ4v) is 2.05. The van der Waals surface area contributed by atoms with E-state index in [0.717, 1.165) is 0 Å². The Labute approximate surface area is 96.2 Å². The summed E-state index contributed by atoms with van der Waals surface area (Å²) < 4.78 is 0. The normalized spacial score (nSPS) is 10.6. The molecule has 0 spiro atoms. The molecule has 0 aliphatic heterocycles. The Bertz CT molecular complexity index is 334. The van der Waals surface area contributed by atoms with Gasteiger partial charge in [0.15, 0.2) is 11.4 Å². The third-order valence-corrected chi connectivity index (χ3v) is 2.73. The van der Waals surface area contributed by atoms with Gasteiger partial charge in [-0.1, -0.05) is 48.8 Å². The molecule has 0 N–H and O–H groups in total. The van der Waals surface area contributed by atoms with E-state index in [2.05, 4.69) is 9.97 Å². The zero-order chi connectivity index (χ0) is 10.7. The number of thioether (sulfide) groups is 1. The van der Waals surface area contributed by atoms with Gasteiger partial charge < -0.3 is 0 Å². The maximum Gasteiger partial charge on any atom is 0.190 e. The summed E-state index contributed by atoms with van der Waals surface area (Å²) in [5.41, 5.74) is 0.140. The van der Waals surface area contributed by atoms with E-state index in [4.69, 9.17) is 23.2 Å². The van der Waals surface area contributed by atoms with Crippen LogP contribution in [-0.4, -0.2) is 21.5 Å². The van der Waals surface area contributed by atoms with E-state index in [0.29, 0.717) is 16.7 Å². The second-order valence-corrected chi connectivity index (χ2v) is 5.05. The number of carbonyl (C=O) groups is 1. The molecular weight excluding hydrogens is 243 g/mol. The van der Waals surface area contributed by atoms with Gasteiger partial charge in [0.2, 0.25) is 0 Å². The summed E-state index contributed by atoms with van der Waals surface area (Å²) in [6.45, 7) is 4.01. The van der Waals surface area contributed by atoms with Crippen molar-refractivity contribution in [2.45, 2.75) is 24.3 Å². The average Bonchev–Trinajstić information content (AvgIpc) is 2.01. The largest absolute Gasteiger partial charge is 0.298 e. The molecule has 1 aromatic heterocycles. The van der Waals surface area contributed by atoms with Crippen LogP contribution in [0.15, 0.2) is 5.16 Å². The summed E-state index contributed by atoms with van der Waals surface area (Å²) in [5.74, 6) is 0. The molecule has 14 heavy (non-hydrogen) atoms. The van der Waals surface area contributed by atoms with Gasteiger partial charge in [0, 0.05) is 5.25 Å². The molecular formula is C8H8Cl2N2OS. The second kappa shape index (κ2) is 4.96. The van der Waals surface area contributed by atoms with Crippen LogP contribution in [-0.2, 0) is 0 Å². The predicted molar refractivity (Wildman–Crippen MR) is 58.4 cm³/mol. The Hall–Kier alpha value is -0.320. The summed E-state index contributed by atoms with van der Waals surface area (Å²) in [5, 5.41) is 1.02. The van der Waals surface area contributed by atoms with E-state index in [1.165, 1.54) is 11.8 Å². The van der Waals surface area contributed by atoms with E-state index in [-0.39, 0.29) is 15.9 Å². The summed E-state index contributed by atoms with van der Waals surface area (Å²) in [7, 11) is 0. The van der Waals surface area contributed by atoms with Crippen molar-refractivity contribution in [3.8, 4) is 0 Å². The molecule has 1 heterocycles. The molecule has 0 amide bonds. The quantitative estimate of drug-likeness (QED) is 0.358. The summed E-state index contributed by atoms with van der Waals surface area (Å²) in [6, 6.07) is 0. The third kappa shape index (κ3) is 2.83. The number of hydrogen-bond acceptors (Lipinski definition) is 4. The Morgan fingerprint density at radius 1 is 1.29 bits per heavy atom. The summed E-state index contributed by atoms with van der Waals surface area (Å²) >= 11 is 12.9.